The summed E-state index contributed by atoms with van der Waals surface area (Å²) in [5, 5.41) is 0. The van der Waals surface area contributed by atoms with Crippen molar-refractivity contribution in [3.8, 4) is 5.75 Å². The molecule has 1 aromatic carbocycles. The van der Waals surface area contributed by atoms with Gasteiger partial charge in [-0.3, -0.25) is 9.80 Å². The van der Waals surface area contributed by atoms with E-state index in [1.54, 1.807) is 12.1 Å². The van der Waals surface area contributed by atoms with Crippen LogP contribution in [-0.2, 0) is 0 Å². The standard InChI is InChI=1S/C20H30F3N3O/c1-15(16-4-6-19(7-5-16)27-20(21,22)23)25(3)18-10-13-26(14-18)17-8-11-24(2)12-9-17/h4-7,15,17-18H,8-14H2,1-3H3. The molecule has 0 radical (unpaired) electrons. The van der Waals surface area contributed by atoms with E-state index in [1.165, 1.54) is 38.1 Å². The van der Waals surface area contributed by atoms with Crippen LogP contribution in [0.25, 0.3) is 0 Å². The Morgan fingerprint density at radius 3 is 2.30 bits per heavy atom. The van der Waals surface area contributed by atoms with Gasteiger partial charge in [-0.1, -0.05) is 12.1 Å². The number of alkyl halides is 3. The Bertz CT molecular complexity index is 599. The quantitative estimate of drug-likeness (QED) is 0.768. The molecule has 1 aromatic rings. The largest absolute Gasteiger partial charge is 0.573 e. The van der Waals surface area contributed by atoms with Crippen LogP contribution in [0.4, 0.5) is 13.2 Å². The summed E-state index contributed by atoms with van der Waals surface area (Å²) in [6.07, 6.45) is -1.03. The Hall–Kier alpha value is -1.31. The molecule has 2 unspecified atom stereocenters. The first kappa shape index (κ1) is 20.4. The predicted molar refractivity (Wildman–Crippen MR) is 99.8 cm³/mol. The SMILES string of the molecule is CC(c1ccc(OC(F)(F)F)cc1)N(C)C1CCN(C2CCN(C)CC2)C1. The molecule has 152 valence electrons. The van der Waals surface area contributed by atoms with Crippen molar-refractivity contribution in [1.82, 2.24) is 14.7 Å². The zero-order valence-corrected chi connectivity index (χ0v) is 16.4. The fraction of sp³-hybridized carbons (Fsp3) is 0.700. The fourth-order valence-electron chi connectivity index (χ4n) is 4.29. The summed E-state index contributed by atoms with van der Waals surface area (Å²) in [6.45, 7) is 6.66. The first-order chi connectivity index (χ1) is 12.7. The van der Waals surface area contributed by atoms with Crippen molar-refractivity contribution in [3.63, 3.8) is 0 Å². The van der Waals surface area contributed by atoms with Crippen LogP contribution in [0, 0.1) is 0 Å². The fourth-order valence-corrected chi connectivity index (χ4v) is 4.29. The second-order valence-corrected chi connectivity index (χ2v) is 7.93. The van der Waals surface area contributed by atoms with Crippen molar-refractivity contribution in [2.75, 3.05) is 40.3 Å². The number of hydrogen-bond donors (Lipinski definition) is 0. The normalized spacial score (nSPS) is 24.5. The molecule has 2 saturated heterocycles. The monoisotopic (exact) mass is 385 g/mol. The van der Waals surface area contributed by atoms with Crippen molar-refractivity contribution in [1.29, 1.82) is 0 Å². The molecule has 2 atom stereocenters. The maximum absolute atomic E-state index is 12.3. The van der Waals surface area contributed by atoms with Gasteiger partial charge in [0.05, 0.1) is 0 Å². The Labute approximate surface area is 159 Å². The van der Waals surface area contributed by atoms with E-state index < -0.39 is 6.36 Å². The second-order valence-electron chi connectivity index (χ2n) is 7.93. The highest BCUT2D eigenvalue weighted by molar-refractivity contribution is 5.29. The molecule has 4 nitrogen and oxygen atoms in total. The van der Waals surface area contributed by atoms with E-state index in [2.05, 4.69) is 40.5 Å². The molecule has 0 aromatic heterocycles. The zero-order valence-electron chi connectivity index (χ0n) is 16.4. The van der Waals surface area contributed by atoms with Crippen molar-refractivity contribution in [2.24, 2.45) is 0 Å². The van der Waals surface area contributed by atoms with Gasteiger partial charge in [0.15, 0.2) is 0 Å². The van der Waals surface area contributed by atoms with E-state index in [9.17, 15) is 13.2 Å². The molecule has 2 heterocycles. The van der Waals surface area contributed by atoms with E-state index >= 15 is 0 Å². The lowest BCUT2D eigenvalue weighted by atomic mass is 10.0. The number of piperidine rings is 1. The van der Waals surface area contributed by atoms with Gasteiger partial charge in [0.25, 0.3) is 0 Å². The van der Waals surface area contributed by atoms with Gasteiger partial charge < -0.3 is 9.64 Å². The molecule has 0 amide bonds. The minimum atomic E-state index is -4.65. The number of rotatable bonds is 5. The molecule has 0 saturated carbocycles. The number of nitrogens with zero attached hydrogens (tertiary/aromatic N) is 3. The molecule has 3 rings (SSSR count). The average molecular weight is 385 g/mol. The topological polar surface area (TPSA) is 19.0 Å². The summed E-state index contributed by atoms with van der Waals surface area (Å²) in [5.41, 5.74) is 1.00. The molecule has 2 aliphatic heterocycles. The van der Waals surface area contributed by atoms with E-state index in [1.807, 2.05) is 0 Å². The molecule has 0 N–H and O–H groups in total. The van der Waals surface area contributed by atoms with Gasteiger partial charge in [-0.15, -0.1) is 13.2 Å². The van der Waals surface area contributed by atoms with Crippen molar-refractivity contribution >= 4 is 0 Å². The van der Waals surface area contributed by atoms with Crippen molar-refractivity contribution < 1.29 is 17.9 Å². The van der Waals surface area contributed by atoms with Crippen LogP contribution in [0.1, 0.15) is 37.8 Å². The Morgan fingerprint density at radius 1 is 1.07 bits per heavy atom. The minimum absolute atomic E-state index is 0.146. The zero-order chi connectivity index (χ0) is 19.6. The van der Waals surface area contributed by atoms with Crippen LogP contribution in [0.15, 0.2) is 24.3 Å². The van der Waals surface area contributed by atoms with Crippen LogP contribution < -0.4 is 4.74 Å². The van der Waals surface area contributed by atoms with Crippen molar-refractivity contribution in [2.45, 2.75) is 50.7 Å². The highest BCUT2D eigenvalue weighted by Crippen LogP contribution is 2.30. The number of likely N-dealkylation sites (tertiary alicyclic amines) is 2. The highest BCUT2D eigenvalue weighted by atomic mass is 19.4. The van der Waals surface area contributed by atoms with Crippen molar-refractivity contribution in [3.05, 3.63) is 29.8 Å². The smallest absolute Gasteiger partial charge is 0.406 e. The molecule has 2 fully saturated rings. The molecule has 0 bridgehead atoms. The summed E-state index contributed by atoms with van der Waals surface area (Å²) in [7, 11) is 4.30. The Balaban J connectivity index is 1.55. The van der Waals surface area contributed by atoms with E-state index in [0.717, 1.165) is 25.1 Å². The lowest BCUT2D eigenvalue weighted by molar-refractivity contribution is -0.274. The van der Waals surface area contributed by atoms with Gasteiger partial charge >= 0.3 is 6.36 Å². The summed E-state index contributed by atoms with van der Waals surface area (Å²) in [5.74, 6) is -0.171. The second kappa shape index (κ2) is 8.37. The minimum Gasteiger partial charge on any atom is -0.406 e. The van der Waals surface area contributed by atoms with Crippen LogP contribution in [-0.4, -0.2) is 73.4 Å². The summed E-state index contributed by atoms with van der Waals surface area (Å²) in [4.78, 5) is 7.38. The van der Waals surface area contributed by atoms with Crippen LogP contribution in [0.5, 0.6) is 5.75 Å². The van der Waals surface area contributed by atoms with E-state index in [0.29, 0.717) is 12.1 Å². The number of likely N-dealkylation sites (N-methyl/N-ethyl adjacent to an activating group) is 1. The number of hydrogen-bond acceptors (Lipinski definition) is 4. The third-order valence-corrected chi connectivity index (χ3v) is 6.18. The van der Waals surface area contributed by atoms with Crippen LogP contribution >= 0.6 is 0 Å². The summed E-state index contributed by atoms with van der Waals surface area (Å²) in [6, 6.07) is 7.56. The molecule has 2 aliphatic rings. The van der Waals surface area contributed by atoms with Gasteiger partial charge in [-0.25, -0.2) is 0 Å². The van der Waals surface area contributed by atoms with Crippen LogP contribution in [0.3, 0.4) is 0 Å². The maximum Gasteiger partial charge on any atom is 0.573 e. The number of ether oxygens (including phenoxy) is 1. The molecule has 0 aliphatic carbocycles. The predicted octanol–water partition coefficient (Wildman–Crippen LogP) is 3.75. The molecular formula is C20H30F3N3O. The summed E-state index contributed by atoms with van der Waals surface area (Å²) < 4.78 is 40.9. The summed E-state index contributed by atoms with van der Waals surface area (Å²) >= 11 is 0. The van der Waals surface area contributed by atoms with Gasteiger partial charge in [-0.2, -0.15) is 0 Å². The number of benzene rings is 1. The lowest BCUT2D eigenvalue weighted by Crippen LogP contribution is -2.44. The number of halogens is 3. The van der Waals surface area contributed by atoms with Gasteiger partial charge in [0.1, 0.15) is 5.75 Å². The van der Waals surface area contributed by atoms with Gasteiger partial charge in [-0.05, 0) is 71.1 Å². The maximum atomic E-state index is 12.3. The first-order valence-electron chi connectivity index (χ1n) is 9.73. The molecule has 7 heteroatoms. The average Bonchev–Trinajstić information content (AvgIpc) is 3.10. The van der Waals surface area contributed by atoms with Crippen LogP contribution in [0.2, 0.25) is 0 Å². The third kappa shape index (κ3) is 5.36. The third-order valence-electron chi connectivity index (χ3n) is 6.18. The molecule has 27 heavy (non-hydrogen) atoms. The lowest BCUT2D eigenvalue weighted by Gasteiger charge is -2.36. The molecule has 0 spiro atoms. The Kier molecular flexibility index (Phi) is 6.33. The van der Waals surface area contributed by atoms with E-state index in [-0.39, 0.29) is 11.8 Å². The Morgan fingerprint density at radius 2 is 1.70 bits per heavy atom. The van der Waals surface area contributed by atoms with E-state index in [4.69, 9.17) is 0 Å². The van der Waals surface area contributed by atoms with Gasteiger partial charge in [0.2, 0.25) is 0 Å². The molecular weight excluding hydrogens is 355 g/mol. The highest BCUT2D eigenvalue weighted by Gasteiger charge is 2.34. The van der Waals surface area contributed by atoms with Gasteiger partial charge in [0, 0.05) is 31.2 Å². The first-order valence-corrected chi connectivity index (χ1v) is 9.73.